The zero-order valence-electron chi connectivity index (χ0n) is 17.0. The van der Waals surface area contributed by atoms with E-state index in [9.17, 15) is 9.18 Å². The first-order valence-electron chi connectivity index (χ1n) is 10.4. The van der Waals surface area contributed by atoms with Crippen LogP contribution in [0, 0.1) is 5.82 Å². The zero-order valence-corrected chi connectivity index (χ0v) is 17.8. The van der Waals surface area contributed by atoms with E-state index in [1.165, 1.54) is 0 Å². The van der Waals surface area contributed by atoms with Gasteiger partial charge in [0.15, 0.2) is 12.0 Å². The predicted octanol–water partition coefficient (Wildman–Crippen LogP) is 2.15. The summed E-state index contributed by atoms with van der Waals surface area (Å²) >= 11 is 6.17. The van der Waals surface area contributed by atoms with Gasteiger partial charge in [0.1, 0.15) is 5.75 Å². The van der Waals surface area contributed by atoms with E-state index in [0.717, 1.165) is 56.9 Å². The Balaban J connectivity index is 1.20. The zero-order chi connectivity index (χ0) is 21.8. The Bertz CT molecular complexity index is 922. The van der Waals surface area contributed by atoms with Crippen LogP contribution in [0.2, 0.25) is 5.02 Å². The first-order chi connectivity index (χ1) is 15.0. The monoisotopic (exact) mass is 449 g/mol. The highest BCUT2D eigenvalue weighted by Crippen LogP contribution is 2.34. The van der Waals surface area contributed by atoms with E-state index in [4.69, 9.17) is 26.8 Å². The van der Waals surface area contributed by atoms with Crippen LogP contribution in [0.25, 0.3) is 0 Å². The Morgan fingerprint density at radius 1 is 1.32 bits per heavy atom. The minimum atomic E-state index is -0.488. The molecule has 1 aromatic carbocycles. The Morgan fingerprint density at radius 2 is 2.06 bits per heavy atom. The normalized spacial score (nSPS) is 19.0. The van der Waals surface area contributed by atoms with Crippen LogP contribution in [-0.2, 0) is 6.42 Å². The van der Waals surface area contributed by atoms with Crippen molar-refractivity contribution >= 4 is 17.5 Å². The fourth-order valence-electron chi connectivity index (χ4n) is 3.91. The summed E-state index contributed by atoms with van der Waals surface area (Å²) in [5.74, 6) is -0.130. The number of amides is 1. The molecule has 10 heteroatoms. The minimum Gasteiger partial charge on any atom is -0.474 e. The average Bonchev–Trinajstić information content (AvgIpc) is 3.12. The highest BCUT2D eigenvalue weighted by Gasteiger charge is 2.28. The summed E-state index contributed by atoms with van der Waals surface area (Å²) in [7, 11) is 0. The van der Waals surface area contributed by atoms with Gasteiger partial charge >= 0.3 is 6.01 Å². The van der Waals surface area contributed by atoms with Crippen molar-refractivity contribution in [3.8, 4) is 11.8 Å². The SMILES string of the molecule is NC1Cc2cc(Cl)cc(C(=O)NC3CCN(CCCOc4ncc(F)cn4)CC3)c2O1. The molecule has 0 radical (unpaired) electrons. The number of halogens is 2. The highest BCUT2D eigenvalue weighted by atomic mass is 35.5. The summed E-state index contributed by atoms with van der Waals surface area (Å²) < 4.78 is 23.8. The molecule has 3 heterocycles. The number of carbonyl (C=O) groups is 1. The van der Waals surface area contributed by atoms with Gasteiger partial charge in [-0.2, -0.15) is 0 Å². The molecule has 8 nitrogen and oxygen atoms in total. The molecule has 1 amide bonds. The van der Waals surface area contributed by atoms with Crippen molar-refractivity contribution in [1.29, 1.82) is 0 Å². The van der Waals surface area contributed by atoms with Gasteiger partial charge in [-0.15, -0.1) is 0 Å². The molecule has 1 fully saturated rings. The number of benzene rings is 1. The number of nitrogens with two attached hydrogens (primary N) is 1. The molecule has 2 aromatic rings. The number of aromatic nitrogens is 2. The van der Waals surface area contributed by atoms with Crippen molar-refractivity contribution in [2.75, 3.05) is 26.2 Å². The van der Waals surface area contributed by atoms with Gasteiger partial charge in [0.05, 0.1) is 24.6 Å². The van der Waals surface area contributed by atoms with Gasteiger partial charge in [-0.25, -0.2) is 14.4 Å². The summed E-state index contributed by atoms with van der Waals surface area (Å²) in [5.41, 5.74) is 7.17. The van der Waals surface area contributed by atoms with E-state index in [0.29, 0.717) is 29.4 Å². The average molecular weight is 450 g/mol. The number of carbonyl (C=O) groups excluding carboxylic acids is 1. The molecular formula is C21H25ClFN5O3. The van der Waals surface area contributed by atoms with Gasteiger partial charge in [-0.3, -0.25) is 10.5 Å². The molecule has 2 aliphatic heterocycles. The first kappa shape index (κ1) is 21.7. The molecule has 4 rings (SSSR count). The van der Waals surface area contributed by atoms with Crippen LogP contribution >= 0.6 is 11.6 Å². The third kappa shape index (κ3) is 5.61. The number of rotatable bonds is 7. The Hall–Kier alpha value is -2.49. The molecule has 1 aromatic heterocycles. The maximum absolute atomic E-state index is 12.8. The van der Waals surface area contributed by atoms with Gasteiger partial charge in [-0.1, -0.05) is 11.6 Å². The van der Waals surface area contributed by atoms with E-state index < -0.39 is 12.0 Å². The third-order valence-corrected chi connectivity index (χ3v) is 5.65. The number of likely N-dealkylation sites (tertiary alicyclic amines) is 1. The summed E-state index contributed by atoms with van der Waals surface area (Å²) in [5, 5.41) is 3.61. The van der Waals surface area contributed by atoms with Crippen LogP contribution in [0.4, 0.5) is 4.39 Å². The van der Waals surface area contributed by atoms with E-state index in [2.05, 4.69) is 20.2 Å². The summed E-state index contributed by atoms with van der Waals surface area (Å²) in [6.45, 7) is 3.10. The van der Waals surface area contributed by atoms with E-state index in [1.807, 2.05) is 0 Å². The van der Waals surface area contributed by atoms with Crippen LogP contribution < -0.4 is 20.5 Å². The van der Waals surface area contributed by atoms with Crippen LogP contribution in [0.1, 0.15) is 35.2 Å². The second-order valence-electron chi connectivity index (χ2n) is 7.78. The lowest BCUT2D eigenvalue weighted by Gasteiger charge is -2.32. The molecule has 0 aliphatic carbocycles. The van der Waals surface area contributed by atoms with Crippen LogP contribution in [0.3, 0.4) is 0 Å². The summed E-state index contributed by atoms with van der Waals surface area (Å²) in [4.78, 5) is 22.7. The topological polar surface area (TPSA) is 103 Å². The van der Waals surface area contributed by atoms with E-state index in [-0.39, 0.29) is 18.0 Å². The molecule has 0 saturated carbocycles. The van der Waals surface area contributed by atoms with Crippen LogP contribution in [0.15, 0.2) is 24.5 Å². The molecular weight excluding hydrogens is 425 g/mol. The number of fused-ring (bicyclic) bond motifs is 1. The second kappa shape index (κ2) is 9.76. The Kier molecular flexibility index (Phi) is 6.84. The van der Waals surface area contributed by atoms with Gasteiger partial charge < -0.3 is 19.7 Å². The predicted molar refractivity (Wildman–Crippen MR) is 113 cm³/mol. The quantitative estimate of drug-likeness (QED) is 0.624. The highest BCUT2D eigenvalue weighted by molar-refractivity contribution is 6.31. The lowest BCUT2D eigenvalue weighted by Crippen LogP contribution is -2.45. The fourth-order valence-corrected chi connectivity index (χ4v) is 4.15. The Labute approximate surface area is 184 Å². The lowest BCUT2D eigenvalue weighted by atomic mass is 10.0. The first-order valence-corrected chi connectivity index (χ1v) is 10.7. The number of nitrogens with one attached hydrogen (secondary N) is 1. The largest absolute Gasteiger partial charge is 0.474 e. The molecule has 1 saturated heterocycles. The maximum atomic E-state index is 12.8. The molecule has 2 aliphatic rings. The van der Waals surface area contributed by atoms with Crippen molar-refractivity contribution in [2.24, 2.45) is 5.73 Å². The van der Waals surface area contributed by atoms with Gasteiger partial charge in [0.2, 0.25) is 0 Å². The number of piperidine rings is 1. The fraction of sp³-hybridized carbons (Fsp3) is 0.476. The number of nitrogens with zero attached hydrogens (tertiary/aromatic N) is 3. The summed E-state index contributed by atoms with van der Waals surface area (Å²) in [6, 6.07) is 3.70. The van der Waals surface area contributed by atoms with Crippen molar-refractivity contribution < 1.29 is 18.7 Å². The van der Waals surface area contributed by atoms with Crippen LogP contribution in [-0.4, -0.2) is 59.3 Å². The number of hydrogen-bond donors (Lipinski definition) is 2. The molecule has 31 heavy (non-hydrogen) atoms. The molecule has 1 atom stereocenters. The van der Waals surface area contributed by atoms with Gasteiger partial charge in [0, 0.05) is 42.7 Å². The van der Waals surface area contributed by atoms with Crippen molar-refractivity contribution in [3.05, 3.63) is 46.5 Å². The molecule has 166 valence electrons. The summed E-state index contributed by atoms with van der Waals surface area (Å²) in [6.07, 6.45) is 4.80. The van der Waals surface area contributed by atoms with E-state index >= 15 is 0 Å². The molecule has 3 N–H and O–H groups in total. The number of ether oxygens (including phenoxy) is 2. The third-order valence-electron chi connectivity index (χ3n) is 5.43. The van der Waals surface area contributed by atoms with Crippen LogP contribution in [0.5, 0.6) is 11.8 Å². The van der Waals surface area contributed by atoms with Crippen molar-refractivity contribution in [1.82, 2.24) is 20.2 Å². The lowest BCUT2D eigenvalue weighted by molar-refractivity contribution is 0.0904. The minimum absolute atomic E-state index is 0.0947. The number of hydrogen-bond acceptors (Lipinski definition) is 7. The smallest absolute Gasteiger partial charge is 0.316 e. The molecule has 0 bridgehead atoms. The van der Waals surface area contributed by atoms with Gasteiger partial charge in [-0.05, 0) is 31.4 Å². The van der Waals surface area contributed by atoms with Gasteiger partial charge in [0.25, 0.3) is 5.91 Å². The van der Waals surface area contributed by atoms with Crippen molar-refractivity contribution in [2.45, 2.75) is 38.0 Å². The Morgan fingerprint density at radius 3 is 2.81 bits per heavy atom. The standard InChI is InChI=1S/C21H25ClFN5O3/c22-14-8-13-9-18(24)31-19(13)17(10-14)20(29)27-16-2-5-28(6-3-16)4-1-7-30-21-25-11-15(23)12-26-21/h8,10-12,16,18H,1-7,9,24H2,(H,27,29). The molecule has 1 unspecified atom stereocenters. The van der Waals surface area contributed by atoms with Crippen molar-refractivity contribution in [3.63, 3.8) is 0 Å². The maximum Gasteiger partial charge on any atom is 0.316 e. The second-order valence-corrected chi connectivity index (χ2v) is 8.21. The van der Waals surface area contributed by atoms with E-state index in [1.54, 1.807) is 12.1 Å². The molecule has 0 spiro atoms.